The van der Waals surface area contributed by atoms with Crippen molar-refractivity contribution in [3.05, 3.63) is 58.1 Å². The lowest BCUT2D eigenvalue weighted by Gasteiger charge is -2.24. The van der Waals surface area contributed by atoms with E-state index in [1.165, 1.54) is 6.21 Å². The summed E-state index contributed by atoms with van der Waals surface area (Å²) >= 11 is 12.0. The van der Waals surface area contributed by atoms with Crippen LogP contribution in [0.15, 0.2) is 47.6 Å². The zero-order valence-electron chi connectivity index (χ0n) is 11.8. The summed E-state index contributed by atoms with van der Waals surface area (Å²) in [5.74, 6) is 0.721. The van der Waals surface area contributed by atoms with Crippen molar-refractivity contribution >= 4 is 35.3 Å². The Hall–Kier alpha value is -2.24. The summed E-state index contributed by atoms with van der Waals surface area (Å²) < 4.78 is 11.1. The molecular weight excluding hydrogens is 339 g/mol. The number of rotatable bonds is 3. The Morgan fingerprint density at radius 1 is 1.13 bits per heavy atom. The van der Waals surface area contributed by atoms with Crippen LogP contribution in [-0.2, 0) is 4.79 Å². The number of carbonyl (C=O) groups excluding carboxylic acids is 1. The third kappa shape index (κ3) is 3.57. The van der Waals surface area contributed by atoms with Gasteiger partial charge in [0.1, 0.15) is 6.61 Å². The number of halogens is 2. The van der Waals surface area contributed by atoms with Crippen molar-refractivity contribution < 1.29 is 14.3 Å². The van der Waals surface area contributed by atoms with Crippen molar-refractivity contribution in [3.8, 4) is 11.5 Å². The third-order valence-corrected chi connectivity index (χ3v) is 3.83. The molecule has 0 bridgehead atoms. The van der Waals surface area contributed by atoms with Crippen LogP contribution in [0.3, 0.4) is 0 Å². The Morgan fingerprint density at radius 2 is 1.83 bits per heavy atom. The van der Waals surface area contributed by atoms with Crippen LogP contribution in [0.4, 0.5) is 0 Å². The summed E-state index contributed by atoms with van der Waals surface area (Å²) in [4.78, 5) is 12.1. The molecule has 2 aromatic carbocycles. The van der Waals surface area contributed by atoms with Gasteiger partial charge in [0.15, 0.2) is 11.5 Å². The van der Waals surface area contributed by atoms with Crippen molar-refractivity contribution in [1.29, 1.82) is 0 Å². The second kappa shape index (κ2) is 6.89. The van der Waals surface area contributed by atoms with E-state index in [1.54, 1.807) is 36.4 Å². The van der Waals surface area contributed by atoms with Crippen LogP contribution < -0.4 is 14.9 Å². The highest BCUT2D eigenvalue weighted by Gasteiger charge is 2.26. The van der Waals surface area contributed by atoms with Gasteiger partial charge in [0.05, 0.1) is 16.3 Å². The smallest absolute Gasteiger partial charge is 0.284 e. The molecule has 1 aliphatic rings. The molecule has 1 aliphatic heterocycles. The fraction of sp³-hybridized carbons (Fsp3) is 0.125. The summed E-state index contributed by atoms with van der Waals surface area (Å²) in [6.07, 6.45) is 0.615. The number of amides is 1. The molecule has 0 saturated heterocycles. The number of carbonyl (C=O) groups is 1. The number of fused-ring (bicyclic) bond motifs is 1. The number of ether oxygens (including phenoxy) is 2. The van der Waals surface area contributed by atoms with E-state index in [1.807, 2.05) is 6.07 Å². The molecule has 7 heteroatoms. The van der Waals surface area contributed by atoms with E-state index in [0.717, 1.165) is 0 Å². The first-order chi connectivity index (χ1) is 11.1. The lowest BCUT2D eigenvalue weighted by Crippen LogP contribution is -2.42. The molecule has 2 aromatic rings. The molecule has 3 rings (SSSR count). The van der Waals surface area contributed by atoms with E-state index in [9.17, 15) is 4.79 Å². The highest BCUT2D eigenvalue weighted by Crippen LogP contribution is 2.30. The van der Waals surface area contributed by atoms with Crippen LogP contribution in [0.5, 0.6) is 11.5 Å². The van der Waals surface area contributed by atoms with Gasteiger partial charge in [-0.3, -0.25) is 4.79 Å². The van der Waals surface area contributed by atoms with Crippen LogP contribution in [0.1, 0.15) is 5.56 Å². The number of hydrogen-bond donors (Lipinski definition) is 1. The topological polar surface area (TPSA) is 59.9 Å². The Balaban J connectivity index is 1.63. The Morgan fingerprint density at radius 3 is 2.57 bits per heavy atom. The van der Waals surface area contributed by atoms with E-state index >= 15 is 0 Å². The molecule has 1 atom stereocenters. The van der Waals surface area contributed by atoms with E-state index in [2.05, 4.69) is 10.5 Å². The fourth-order valence-corrected chi connectivity index (χ4v) is 2.51. The van der Waals surface area contributed by atoms with E-state index in [4.69, 9.17) is 32.7 Å². The van der Waals surface area contributed by atoms with E-state index in [-0.39, 0.29) is 6.61 Å². The molecular formula is C16H12Cl2N2O3. The van der Waals surface area contributed by atoms with Crippen LogP contribution in [-0.4, -0.2) is 24.8 Å². The van der Waals surface area contributed by atoms with Gasteiger partial charge in [0.2, 0.25) is 6.10 Å². The van der Waals surface area contributed by atoms with Gasteiger partial charge in [-0.15, -0.1) is 0 Å². The van der Waals surface area contributed by atoms with Gasteiger partial charge in [-0.05, 0) is 24.3 Å². The molecule has 1 unspecified atom stereocenters. The van der Waals surface area contributed by atoms with E-state index < -0.39 is 12.0 Å². The van der Waals surface area contributed by atoms with Crippen molar-refractivity contribution in [2.75, 3.05) is 6.61 Å². The number of benzene rings is 2. The van der Waals surface area contributed by atoms with Crippen LogP contribution >= 0.6 is 23.2 Å². The lowest BCUT2D eigenvalue weighted by molar-refractivity contribution is -0.130. The van der Waals surface area contributed by atoms with Crippen molar-refractivity contribution in [3.63, 3.8) is 0 Å². The Bertz CT molecular complexity index is 744. The van der Waals surface area contributed by atoms with Crippen molar-refractivity contribution in [2.45, 2.75) is 6.10 Å². The maximum Gasteiger partial charge on any atom is 0.284 e. The second-order valence-corrected chi connectivity index (χ2v) is 5.55. The number of hydrogen-bond acceptors (Lipinski definition) is 4. The quantitative estimate of drug-likeness (QED) is 0.682. The first kappa shape index (κ1) is 15.6. The standard InChI is InChI=1S/C16H12Cl2N2O3/c17-11-4-3-5-12(18)10(11)8-19-20-16(21)15-9-22-13-6-1-2-7-14(13)23-15/h1-8,15H,9H2,(H,20,21)/b19-8+. The molecule has 0 radical (unpaired) electrons. The van der Waals surface area contributed by atoms with E-state index in [0.29, 0.717) is 27.1 Å². The summed E-state index contributed by atoms with van der Waals surface area (Å²) in [6.45, 7) is 0.116. The average Bonchev–Trinajstić information content (AvgIpc) is 2.57. The van der Waals surface area contributed by atoms with Gasteiger partial charge in [-0.25, -0.2) is 5.43 Å². The molecule has 1 heterocycles. The number of nitrogens with one attached hydrogen (secondary N) is 1. The highest BCUT2D eigenvalue weighted by atomic mass is 35.5. The molecule has 0 saturated carbocycles. The molecule has 0 spiro atoms. The zero-order chi connectivity index (χ0) is 16.2. The number of para-hydroxylation sites is 2. The number of hydrazone groups is 1. The normalized spacial score (nSPS) is 16.3. The SMILES string of the molecule is O=C(N/N=C/c1c(Cl)cccc1Cl)C1COc2ccccc2O1. The molecule has 0 fully saturated rings. The minimum Gasteiger partial charge on any atom is -0.485 e. The predicted molar refractivity (Wildman–Crippen MR) is 88.6 cm³/mol. The average molecular weight is 351 g/mol. The first-order valence-electron chi connectivity index (χ1n) is 6.80. The fourth-order valence-electron chi connectivity index (χ4n) is 2.02. The van der Waals surface area contributed by atoms with Gasteiger partial charge < -0.3 is 9.47 Å². The largest absolute Gasteiger partial charge is 0.485 e. The Labute approximate surface area is 142 Å². The molecule has 1 N–H and O–H groups in total. The molecule has 0 aliphatic carbocycles. The summed E-state index contributed by atoms with van der Waals surface area (Å²) in [6, 6.07) is 12.3. The molecule has 1 amide bonds. The van der Waals surface area contributed by atoms with Gasteiger partial charge in [0, 0.05) is 5.56 Å². The van der Waals surface area contributed by atoms with Crippen molar-refractivity contribution in [1.82, 2.24) is 5.43 Å². The molecule has 23 heavy (non-hydrogen) atoms. The second-order valence-electron chi connectivity index (χ2n) is 4.73. The minimum atomic E-state index is -0.774. The van der Waals surface area contributed by atoms with Crippen LogP contribution in [0, 0.1) is 0 Å². The van der Waals surface area contributed by atoms with Gasteiger partial charge >= 0.3 is 0 Å². The summed E-state index contributed by atoms with van der Waals surface area (Å²) in [7, 11) is 0. The third-order valence-electron chi connectivity index (χ3n) is 3.17. The lowest BCUT2D eigenvalue weighted by atomic mass is 10.2. The maximum atomic E-state index is 12.1. The minimum absolute atomic E-state index is 0.116. The first-order valence-corrected chi connectivity index (χ1v) is 7.56. The van der Waals surface area contributed by atoms with Gasteiger partial charge in [0.25, 0.3) is 5.91 Å². The summed E-state index contributed by atoms with van der Waals surface area (Å²) in [5.41, 5.74) is 2.92. The zero-order valence-corrected chi connectivity index (χ0v) is 13.3. The number of nitrogens with zero attached hydrogens (tertiary/aromatic N) is 1. The summed E-state index contributed by atoms with van der Waals surface area (Å²) in [5, 5.41) is 4.76. The molecule has 118 valence electrons. The Kier molecular flexibility index (Phi) is 4.69. The molecule has 5 nitrogen and oxygen atoms in total. The molecule has 0 aromatic heterocycles. The van der Waals surface area contributed by atoms with Gasteiger partial charge in [-0.1, -0.05) is 41.4 Å². The van der Waals surface area contributed by atoms with Gasteiger partial charge in [-0.2, -0.15) is 5.10 Å². The van der Waals surface area contributed by atoms with Crippen LogP contribution in [0.2, 0.25) is 10.0 Å². The predicted octanol–water partition coefficient (Wildman–Crippen LogP) is 3.28. The monoisotopic (exact) mass is 350 g/mol. The maximum absolute atomic E-state index is 12.1. The highest BCUT2D eigenvalue weighted by molar-refractivity contribution is 6.38. The van der Waals surface area contributed by atoms with Crippen LogP contribution in [0.25, 0.3) is 0 Å². The van der Waals surface area contributed by atoms with Crippen molar-refractivity contribution in [2.24, 2.45) is 5.10 Å².